The smallest absolute Gasteiger partial charge is 0.242 e. The Morgan fingerprint density at radius 2 is 1.83 bits per heavy atom. The monoisotopic (exact) mass is 316 g/mol. The average molecular weight is 316 g/mol. The molecule has 1 aromatic heterocycles. The molecule has 0 aliphatic rings. The van der Waals surface area contributed by atoms with Crippen LogP contribution < -0.4 is 0 Å². The quantitative estimate of drug-likeness (QED) is 0.847. The van der Waals surface area contributed by atoms with Crippen LogP contribution in [0.15, 0.2) is 24.3 Å². The molecule has 0 aliphatic heterocycles. The number of para-hydroxylation sites is 2. The first kappa shape index (κ1) is 17.0. The van der Waals surface area contributed by atoms with Gasteiger partial charge in [-0.1, -0.05) is 12.1 Å². The van der Waals surface area contributed by atoms with E-state index in [1.165, 1.54) is 4.90 Å². The molecule has 0 aliphatic carbocycles. The number of rotatable bonds is 7. The number of aryl methyl sites for hydroxylation is 1. The third kappa shape index (κ3) is 4.31. The minimum atomic E-state index is -0.0500. The lowest BCUT2D eigenvalue weighted by Gasteiger charge is -2.23. The molecule has 0 unspecified atom stereocenters. The molecule has 0 bridgehead atoms. The van der Waals surface area contributed by atoms with E-state index in [0.29, 0.717) is 25.9 Å². The number of carbonyl (C=O) groups is 2. The zero-order valence-electron chi connectivity index (χ0n) is 14.0. The molecule has 2 rings (SSSR count). The second-order valence-corrected chi connectivity index (χ2v) is 5.52. The summed E-state index contributed by atoms with van der Waals surface area (Å²) in [6.07, 6.45) is 0.874. The van der Waals surface area contributed by atoms with Gasteiger partial charge in [0.1, 0.15) is 5.82 Å². The first-order valence-electron chi connectivity index (χ1n) is 8.00. The first-order valence-corrected chi connectivity index (χ1v) is 8.00. The highest BCUT2D eigenvalue weighted by atomic mass is 16.2. The molecule has 0 atom stereocenters. The molecule has 0 saturated heterocycles. The normalized spacial score (nSPS) is 10.7. The molecule has 6 heteroatoms. The van der Waals surface area contributed by atoms with Crippen LogP contribution in [0.3, 0.4) is 0 Å². The molecular formula is C17H24N4O2. The topological polar surface area (TPSA) is 69.3 Å². The maximum atomic E-state index is 12.2. The number of hydrogen-bond donors (Lipinski definition) is 1. The van der Waals surface area contributed by atoms with E-state index < -0.39 is 0 Å². The summed E-state index contributed by atoms with van der Waals surface area (Å²) < 4.78 is 0. The second-order valence-electron chi connectivity index (χ2n) is 5.52. The molecule has 1 aromatic carbocycles. The fourth-order valence-corrected chi connectivity index (χ4v) is 2.51. The Bertz CT molecular complexity index is 643. The number of benzene rings is 1. The van der Waals surface area contributed by atoms with E-state index >= 15 is 0 Å². The third-order valence-electron chi connectivity index (χ3n) is 3.93. The van der Waals surface area contributed by atoms with Crippen molar-refractivity contribution < 1.29 is 9.59 Å². The number of imidazole rings is 1. The molecule has 2 amide bonds. The number of aromatic nitrogens is 2. The van der Waals surface area contributed by atoms with Gasteiger partial charge in [-0.2, -0.15) is 0 Å². The Kier molecular flexibility index (Phi) is 5.73. The lowest BCUT2D eigenvalue weighted by atomic mass is 10.2. The SMILES string of the molecule is CCN(CC)C(=O)CN(C)C(=O)CCc1nc2ccccc2[nH]1. The Hall–Kier alpha value is -2.37. The molecule has 0 fully saturated rings. The van der Waals surface area contributed by atoms with Crippen molar-refractivity contribution in [3.8, 4) is 0 Å². The molecule has 0 spiro atoms. The van der Waals surface area contributed by atoms with Crippen molar-refractivity contribution in [3.63, 3.8) is 0 Å². The van der Waals surface area contributed by atoms with E-state index in [1.54, 1.807) is 11.9 Å². The number of nitrogens with zero attached hydrogens (tertiary/aromatic N) is 3. The minimum absolute atomic E-state index is 0.0189. The van der Waals surface area contributed by atoms with E-state index in [0.717, 1.165) is 16.9 Å². The fourth-order valence-electron chi connectivity index (χ4n) is 2.51. The van der Waals surface area contributed by atoms with Crippen LogP contribution in [0.4, 0.5) is 0 Å². The summed E-state index contributed by atoms with van der Waals surface area (Å²) in [6, 6.07) is 7.78. The Labute approximate surface area is 136 Å². The number of amides is 2. The highest BCUT2D eigenvalue weighted by Crippen LogP contribution is 2.11. The lowest BCUT2D eigenvalue weighted by Crippen LogP contribution is -2.41. The van der Waals surface area contributed by atoms with Gasteiger partial charge in [-0.3, -0.25) is 9.59 Å². The lowest BCUT2D eigenvalue weighted by molar-refractivity contribution is -0.139. The molecule has 23 heavy (non-hydrogen) atoms. The van der Waals surface area contributed by atoms with Crippen molar-refractivity contribution in [3.05, 3.63) is 30.1 Å². The van der Waals surface area contributed by atoms with Crippen LogP contribution in [0, 0.1) is 0 Å². The van der Waals surface area contributed by atoms with Crippen molar-refractivity contribution >= 4 is 22.8 Å². The van der Waals surface area contributed by atoms with Crippen molar-refractivity contribution in [2.24, 2.45) is 0 Å². The molecule has 1 heterocycles. The van der Waals surface area contributed by atoms with Crippen molar-refractivity contribution in [2.75, 3.05) is 26.7 Å². The van der Waals surface area contributed by atoms with E-state index in [4.69, 9.17) is 0 Å². The molecule has 1 N–H and O–H groups in total. The average Bonchev–Trinajstić information content (AvgIpc) is 2.96. The summed E-state index contributed by atoms with van der Waals surface area (Å²) in [5, 5.41) is 0. The summed E-state index contributed by atoms with van der Waals surface area (Å²) in [5.74, 6) is 0.726. The minimum Gasteiger partial charge on any atom is -0.342 e. The molecule has 6 nitrogen and oxygen atoms in total. The number of fused-ring (bicyclic) bond motifs is 1. The van der Waals surface area contributed by atoms with E-state index in [9.17, 15) is 9.59 Å². The summed E-state index contributed by atoms with van der Waals surface area (Å²) in [7, 11) is 1.67. The van der Waals surface area contributed by atoms with Crippen LogP contribution in [0.25, 0.3) is 11.0 Å². The Morgan fingerprint density at radius 3 is 2.48 bits per heavy atom. The summed E-state index contributed by atoms with van der Waals surface area (Å²) >= 11 is 0. The van der Waals surface area contributed by atoms with Gasteiger partial charge in [0.05, 0.1) is 17.6 Å². The van der Waals surface area contributed by atoms with Gasteiger partial charge in [-0.05, 0) is 26.0 Å². The largest absolute Gasteiger partial charge is 0.342 e. The molecule has 2 aromatic rings. The zero-order chi connectivity index (χ0) is 16.8. The van der Waals surface area contributed by atoms with Gasteiger partial charge in [0.15, 0.2) is 0 Å². The van der Waals surface area contributed by atoms with Crippen molar-refractivity contribution in [1.82, 2.24) is 19.8 Å². The van der Waals surface area contributed by atoms with Gasteiger partial charge in [-0.15, -0.1) is 0 Å². The Morgan fingerprint density at radius 1 is 1.13 bits per heavy atom. The third-order valence-corrected chi connectivity index (χ3v) is 3.93. The highest BCUT2D eigenvalue weighted by molar-refractivity contribution is 5.84. The van der Waals surface area contributed by atoms with Crippen molar-refractivity contribution in [1.29, 1.82) is 0 Å². The van der Waals surface area contributed by atoms with Crippen LogP contribution in [0.2, 0.25) is 0 Å². The summed E-state index contributed by atoms with van der Waals surface area (Å²) in [4.78, 5) is 35.1. The second kappa shape index (κ2) is 7.76. The van der Waals surface area contributed by atoms with Gasteiger partial charge < -0.3 is 14.8 Å². The molecule has 0 saturated carbocycles. The number of hydrogen-bond acceptors (Lipinski definition) is 3. The predicted octanol–water partition coefficient (Wildman–Crippen LogP) is 1.82. The van der Waals surface area contributed by atoms with Crippen LogP contribution in [-0.4, -0.2) is 58.3 Å². The predicted molar refractivity (Wildman–Crippen MR) is 90.0 cm³/mol. The number of nitrogens with one attached hydrogen (secondary N) is 1. The van der Waals surface area contributed by atoms with Gasteiger partial charge in [-0.25, -0.2) is 4.98 Å². The van der Waals surface area contributed by atoms with Crippen LogP contribution in [0.5, 0.6) is 0 Å². The van der Waals surface area contributed by atoms with Crippen molar-refractivity contribution in [2.45, 2.75) is 26.7 Å². The van der Waals surface area contributed by atoms with Gasteiger partial charge in [0.2, 0.25) is 11.8 Å². The summed E-state index contributed by atoms with van der Waals surface area (Å²) in [5.41, 5.74) is 1.88. The van der Waals surface area contributed by atoms with Crippen LogP contribution >= 0.6 is 0 Å². The van der Waals surface area contributed by atoms with E-state index in [-0.39, 0.29) is 18.4 Å². The number of H-pyrrole nitrogens is 1. The van der Waals surface area contributed by atoms with Gasteiger partial charge >= 0.3 is 0 Å². The maximum absolute atomic E-state index is 12.2. The molecule has 0 radical (unpaired) electrons. The fraction of sp³-hybridized carbons (Fsp3) is 0.471. The first-order chi connectivity index (χ1) is 11.0. The summed E-state index contributed by atoms with van der Waals surface area (Å²) in [6.45, 7) is 5.32. The van der Waals surface area contributed by atoms with Gasteiger partial charge in [0, 0.05) is 33.0 Å². The zero-order valence-corrected chi connectivity index (χ0v) is 14.0. The number of carbonyl (C=O) groups excluding carboxylic acids is 2. The van der Waals surface area contributed by atoms with Gasteiger partial charge in [0.25, 0.3) is 0 Å². The standard InChI is InChI=1S/C17H24N4O2/c1-4-21(5-2)17(23)12-20(3)16(22)11-10-15-18-13-8-6-7-9-14(13)19-15/h6-9H,4-5,10-12H2,1-3H3,(H,18,19). The number of likely N-dealkylation sites (N-methyl/N-ethyl adjacent to an activating group) is 2. The van der Waals surface area contributed by atoms with Crippen LogP contribution in [-0.2, 0) is 16.0 Å². The van der Waals surface area contributed by atoms with E-state index in [2.05, 4.69) is 9.97 Å². The van der Waals surface area contributed by atoms with E-state index in [1.807, 2.05) is 38.1 Å². The maximum Gasteiger partial charge on any atom is 0.242 e. The highest BCUT2D eigenvalue weighted by Gasteiger charge is 2.16. The van der Waals surface area contributed by atoms with Crippen LogP contribution in [0.1, 0.15) is 26.1 Å². The Balaban J connectivity index is 1.87. The molecular weight excluding hydrogens is 292 g/mol. The number of aromatic amines is 1. The molecule has 124 valence electrons.